The highest BCUT2D eigenvalue weighted by Gasteiger charge is 2.50. The SMILES string of the molecule is CS(=O)(=O)c1ccc(NCC#Cc2cc3c(N[C@H]4CC[C@H](N5CC6(COC6)C5)CC4)cccc3n2CC(F)(F)F)c(OCCF)c1. The Bertz CT molecular complexity index is 1730. The Kier molecular flexibility index (Phi) is 9.15. The third-order valence-electron chi connectivity index (χ3n) is 9.05. The molecular weight excluding hydrogens is 624 g/mol. The van der Waals surface area contributed by atoms with Crippen LogP contribution in [0.3, 0.4) is 0 Å². The number of fused-ring (bicyclic) bond motifs is 1. The van der Waals surface area contributed by atoms with Gasteiger partial charge >= 0.3 is 6.18 Å². The summed E-state index contributed by atoms with van der Waals surface area (Å²) in [5.41, 5.74) is 2.24. The number of sulfone groups is 1. The zero-order valence-corrected chi connectivity index (χ0v) is 26.4. The Morgan fingerprint density at radius 1 is 1.07 bits per heavy atom. The second kappa shape index (κ2) is 13.0. The Balaban J connectivity index is 1.16. The fraction of sp³-hybridized carbons (Fsp3) is 0.515. The van der Waals surface area contributed by atoms with Gasteiger partial charge in [0.15, 0.2) is 9.84 Å². The molecule has 0 unspecified atom stereocenters. The molecule has 13 heteroatoms. The van der Waals surface area contributed by atoms with Crippen molar-refractivity contribution in [3.63, 3.8) is 0 Å². The average molecular weight is 663 g/mol. The first kappa shape index (κ1) is 32.5. The number of nitrogens with one attached hydrogen (secondary N) is 2. The van der Waals surface area contributed by atoms with Crippen molar-refractivity contribution >= 4 is 32.1 Å². The van der Waals surface area contributed by atoms with Crippen LogP contribution >= 0.6 is 0 Å². The molecule has 2 saturated heterocycles. The maximum Gasteiger partial charge on any atom is 0.406 e. The van der Waals surface area contributed by atoms with Crippen molar-refractivity contribution in [2.24, 2.45) is 5.41 Å². The Morgan fingerprint density at radius 3 is 2.48 bits per heavy atom. The second-order valence-corrected chi connectivity index (χ2v) is 14.7. The summed E-state index contributed by atoms with van der Waals surface area (Å²) in [7, 11) is -3.52. The van der Waals surface area contributed by atoms with E-state index in [1.807, 2.05) is 6.07 Å². The van der Waals surface area contributed by atoms with Gasteiger partial charge in [-0.05, 0) is 61.9 Å². The standard InChI is InChI=1S/C33H38F4N4O4S/c1-46(42,43)26-11-12-29(31(17-26)45-15-13-34)38-14-3-4-25-16-27-28(5-2-6-30(27)41(25)20-33(35,36)37)39-23-7-9-24(10-8-23)40-18-32(19-40)21-44-22-32/h2,5-6,11-12,16-17,23-24,38-39H,7-10,13-15,18-22H2,1H3/t23-,24-. The topological polar surface area (TPSA) is 84.8 Å². The molecule has 46 heavy (non-hydrogen) atoms. The number of anilines is 2. The maximum absolute atomic E-state index is 13.7. The van der Waals surface area contributed by atoms with Crippen molar-refractivity contribution in [3.05, 3.63) is 48.2 Å². The fourth-order valence-electron chi connectivity index (χ4n) is 6.74. The van der Waals surface area contributed by atoms with Gasteiger partial charge in [-0.2, -0.15) is 13.2 Å². The molecule has 1 aliphatic carbocycles. The lowest BCUT2D eigenvalue weighted by Gasteiger charge is -2.58. The smallest absolute Gasteiger partial charge is 0.406 e. The Labute approximate surface area is 266 Å². The summed E-state index contributed by atoms with van der Waals surface area (Å²) in [5.74, 6) is 5.90. The monoisotopic (exact) mass is 662 g/mol. The third-order valence-corrected chi connectivity index (χ3v) is 10.2. The number of alkyl halides is 4. The van der Waals surface area contributed by atoms with Crippen molar-refractivity contribution < 1.29 is 35.5 Å². The summed E-state index contributed by atoms with van der Waals surface area (Å²) in [4.78, 5) is 2.58. The number of hydrogen-bond acceptors (Lipinski definition) is 7. The van der Waals surface area contributed by atoms with Crippen LogP contribution in [0.15, 0.2) is 47.4 Å². The van der Waals surface area contributed by atoms with Crippen LogP contribution < -0.4 is 15.4 Å². The van der Waals surface area contributed by atoms with E-state index in [9.17, 15) is 26.0 Å². The lowest BCUT2D eigenvalue weighted by Crippen LogP contribution is -2.68. The van der Waals surface area contributed by atoms with Crippen molar-refractivity contribution in [2.75, 3.05) is 63.0 Å². The molecule has 3 aromatic rings. The molecule has 3 aliphatic rings. The van der Waals surface area contributed by atoms with Crippen LogP contribution in [0.2, 0.25) is 0 Å². The van der Waals surface area contributed by atoms with Crippen LogP contribution in [-0.4, -0.2) is 88.5 Å². The number of likely N-dealkylation sites (tertiary alicyclic amines) is 1. The van der Waals surface area contributed by atoms with Gasteiger partial charge in [0.05, 0.1) is 41.6 Å². The average Bonchev–Trinajstić information content (AvgIpc) is 3.30. The Hall–Kier alpha value is -3.47. The first-order valence-electron chi connectivity index (χ1n) is 15.5. The molecule has 2 aromatic carbocycles. The van der Waals surface area contributed by atoms with Gasteiger partial charge in [-0.15, -0.1) is 0 Å². The number of rotatable bonds is 10. The lowest BCUT2D eigenvalue weighted by molar-refractivity contribution is -0.200. The number of aromatic nitrogens is 1. The highest BCUT2D eigenvalue weighted by molar-refractivity contribution is 7.90. The van der Waals surface area contributed by atoms with Crippen LogP contribution in [0.1, 0.15) is 31.4 Å². The third kappa shape index (κ3) is 7.24. The summed E-state index contributed by atoms with van der Waals surface area (Å²) in [5, 5.41) is 7.29. The molecule has 0 atom stereocenters. The van der Waals surface area contributed by atoms with Crippen molar-refractivity contribution in [1.82, 2.24) is 9.47 Å². The summed E-state index contributed by atoms with van der Waals surface area (Å²) in [6.07, 6.45) is 0.755. The lowest BCUT2D eigenvalue weighted by atomic mass is 9.75. The van der Waals surface area contributed by atoms with E-state index in [4.69, 9.17) is 9.47 Å². The molecule has 0 amide bonds. The normalized spacial score (nSPS) is 21.2. The molecule has 3 heterocycles. The Morgan fingerprint density at radius 2 is 1.83 bits per heavy atom. The van der Waals surface area contributed by atoms with E-state index in [1.165, 1.54) is 22.8 Å². The van der Waals surface area contributed by atoms with Gasteiger partial charge in [0.1, 0.15) is 25.6 Å². The summed E-state index contributed by atoms with van der Waals surface area (Å²) in [6.45, 7) is 1.79. The van der Waals surface area contributed by atoms with Crippen LogP contribution in [0, 0.1) is 17.3 Å². The van der Waals surface area contributed by atoms with Gasteiger partial charge in [0.2, 0.25) is 0 Å². The number of nitrogens with zero attached hydrogens (tertiary/aromatic N) is 2. The number of halogens is 4. The van der Waals surface area contributed by atoms with Crippen molar-refractivity contribution in [2.45, 2.75) is 55.4 Å². The minimum Gasteiger partial charge on any atom is -0.489 e. The highest BCUT2D eigenvalue weighted by Crippen LogP contribution is 2.41. The molecule has 2 N–H and O–H groups in total. The number of ether oxygens (including phenoxy) is 2. The number of hydrogen-bond donors (Lipinski definition) is 2. The summed E-state index contributed by atoms with van der Waals surface area (Å²) >= 11 is 0. The van der Waals surface area contributed by atoms with Crippen LogP contribution in [0.5, 0.6) is 5.75 Å². The van der Waals surface area contributed by atoms with Crippen molar-refractivity contribution in [1.29, 1.82) is 0 Å². The van der Waals surface area contributed by atoms with E-state index in [0.717, 1.165) is 63.9 Å². The molecule has 6 rings (SSSR count). The predicted molar refractivity (Wildman–Crippen MR) is 169 cm³/mol. The second-order valence-electron chi connectivity index (χ2n) is 12.6. The molecule has 3 fully saturated rings. The molecular formula is C33H38F4N4O4S. The first-order valence-corrected chi connectivity index (χ1v) is 17.4. The van der Waals surface area contributed by atoms with E-state index in [1.54, 1.807) is 18.2 Å². The van der Waals surface area contributed by atoms with Gasteiger partial charge in [0, 0.05) is 54.0 Å². The minimum atomic E-state index is -4.45. The molecule has 0 radical (unpaired) electrons. The zero-order chi connectivity index (χ0) is 32.5. The van der Waals surface area contributed by atoms with E-state index in [2.05, 4.69) is 27.4 Å². The molecule has 248 valence electrons. The molecule has 1 spiro atoms. The van der Waals surface area contributed by atoms with E-state index >= 15 is 0 Å². The van der Waals surface area contributed by atoms with E-state index in [0.29, 0.717) is 28.0 Å². The molecule has 2 aliphatic heterocycles. The zero-order valence-electron chi connectivity index (χ0n) is 25.6. The van der Waals surface area contributed by atoms with Crippen LogP contribution in [0.4, 0.5) is 28.9 Å². The van der Waals surface area contributed by atoms with Gasteiger partial charge in [-0.1, -0.05) is 12.0 Å². The molecule has 8 nitrogen and oxygen atoms in total. The predicted octanol–water partition coefficient (Wildman–Crippen LogP) is 5.47. The largest absolute Gasteiger partial charge is 0.489 e. The molecule has 1 saturated carbocycles. The fourth-order valence-corrected chi connectivity index (χ4v) is 7.37. The highest BCUT2D eigenvalue weighted by atomic mass is 32.2. The van der Waals surface area contributed by atoms with E-state index in [-0.39, 0.29) is 35.5 Å². The van der Waals surface area contributed by atoms with Gasteiger partial charge in [0.25, 0.3) is 0 Å². The minimum absolute atomic E-state index is 0.0145. The quantitative estimate of drug-likeness (QED) is 0.220. The van der Waals surface area contributed by atoms with Crippen molar-refractivity contribution in [3.8, 4) is 17.6 Å². The summed E-state index contributed by atoms with van der Waals surface area (Å²) < 4.78 is 89.7. The first-order chi connectivity index (χ1) is 21.9. The number of benzene rings is 2. The van der Waals surface area contributed by atoms with Crippen LogP contribution in [0.25, 0.3) is 10.9 Å². The van der Waals surface area contributed by atoms with Crippen LogP contribution in [-0.2, 0) is 21.1 Å². The molecule has 0 bridgehead atoms. The molecule has 1 aromatic heterocycles. The summed E-state index contributed by atoms with van der Waals surface area (Å²) in [6, 6.07) is 12.0. The van der Waals surface area contributed by atoms with Gasteiger partial charge in [-0.3, -0.25) is 4.90 Å². The van der Waals surface area contributed by atoms with E-state index < -0.39 is 29.2 Å². The van der Waals surface area contributed by atoms with Gasteiger partial charge < -0.3 is 24.7 Å². The van der Waals surface area contributed by atoms with Gasteiger partial charge in [-0.25, -0.2) is 12.8 Å². The maximum atomic E-state index is 13.7.